The molecule has 0 N–H and O–H groups in total. The zero-order valence-electron chi connectivity index (χ0n) is 30.5. The van der Waals surface area contributed by atoms with Gasteiger partial charge in [0.15, 0.2) is 0 Å². The molecule has 0 radical (unpaired) electrons. The van der Waals surface area contributed by atoms with E-state index in [1.807, 2.05) is 0 Å². The summed E-state index contributed by atoms with van der Waals surface area (Å²) < 4.78 is 0. The molecule has 0 fully saturated rings. The molecule has 0 saturated carbocycles. The van der Waals surface area contributed by atoms with Crippen LogP contribution in [0.5, 0.6) is 0 Å². The standard InChI is InChI=1S/C53H39N/c1-53(2)51-23-12-11-20-47(51)48-22-13-21-46(52(48)53)39-26-29-41(30-27-39)54(42-31-28-40-25-24-38-18-9-10-19-44(38)50(40)34-42)43-32-33-45(36-14-5-3-6-15-36)49(35-43)37-16-7-4-8-17-37/h3-35H,1-2H3. The highest BCUT2D eigenvalue weighted by molar-refractivity contribution is 6.09. The Morgan fingerprint density at radius 3 is 1.65 bits per heavy atom. The zero-order chi connectivity index (χ0) is 36.2. The quantitative estimate of drug-likeness (QED) is 0.157. The third-order valence-corrected chi connectivity index (χ3v) is 11.4. The van der Waals surface area contributed by atoms with Crippen molar-refractivity contribution in [3.63, 3.8) is 0 Å². The molecule has 0 aliphatic heterocycles. The minimum absolute atomic E-state index is 0.0879. The minimum Gasteiger partial charge on any atom is -0.310 e. The van der Waals surface area contributed by atoms with Gasteiger partial charge in [-0.05, 0) is 114 Å². The second-order valence-corrected chi connectivity index (χ2v) is 14.9. The fourth-order valence-corrected chi connectivity index (χ4v) is 8.85. The summed E-state index contributed by atoms with van der Waals surface area (Å²) in [6, 6.07) is 73.4. The summed E-state index contributed by atoms with van der Waals surface area (Å²) in [6.45, 7) is 4.73. The van der Waals surface area contributed by atoms with Crippen molar-refractivity contribution >= 4 is 38.6 Å². The van der Waals surface area contributed by atoms with Crippen LogP contribution in [-0.4, -0.2) is 0 Å². The summed E-state index contributed by atoms with van der Waals surface area (Å²) >= 11 is 0. The maximum Gasteiger partial charge on any atom is 0.0468 e. The van der Waals surface area contributed by atoms with E-state index >= 15 is 0 Å². The molecule has 9 aromatic carbocycles. The van der Waals surface area contributed by atoms with Crippen molar-refractivity contribution in [2.45, 2.75) is 19.3 Å². The summed E-state index contributed by atoms with van der Waals surface area (Å²) in [7, 11) is 0. The van der Waals surface area contributed by atoms with Gasteiger partial charge < -0.3 is 4.90 Å². The molecule has 9 aromatic rings. The molecule has 0 heterocycles. The van der Waals surface area contributed by atoms with Gasteiger partial charge >= 0.3 is 0 Å². The first-order valence-corrected chi connectivity index (χ1v) is 18.8. The number of rotatable bonds is 6. The van der Waals surface area contributed by atoms with Gasteiger partial charge in [0, 0.05) is 22.5 Å². The molecule has 0 spiro atoms. The largest absolute Gasteiger partial charge is 0.310 e. The fourth-order valence-electron chi connectivity index (χ4n) is 8.85. The van der Waals surface area contributed by atoms with Gasteiger partial charge in [-0.2, -0.15) is 0 Å². The molecule has 256 valence electrons. The lowest BCUT2D eigenvalue weighted by atomic mass is 9.79. The molecule has 1 aliphatic carbocycles. The Kier molecular flexibility index (Phi) is 7.56. The van der Waals surface area contributed by atoms with Gasteiger partial charge in [0.05, 0.1) is 0 Å². The smallest absolute Gasteiger partial charge is 0.0468 e. The Balaban J connectivity index is 1.16. The molecule has 0 saturated heterocycles. The predicted molar refractivity (Wildman–Crippen MR) is 230 cm³/mol. The van der Waals surface area contributed by atoms with E-state index in [4.69, 9.17) is 0 Å². The number of fused-ring (bicyclic) bond motifs is 6. The summed E-state index contributed by atoms with van der Waals surface area (Å²) in [5.74, 6) is 0. The second kappa shape index (κ2) is 12.8. The van der Waals surface area contributed by atoms with E-state index in [0.29, 0.717) is 0 Å². The number of hydrogen-bond acceptors (Lipinski definition) is 1. The minimum atomic E-state index is -0.0879. The molecule has 0 bridgehead atoms. The van der Waals surface area contributed by atoms with Crippen molar-refractivity contribution in [2.75, 3.05) is 4.90 Å². The van der Waals surface area contributed by atoms with Gasteiger partial charge in [-0.15, -0.1) is 0 Å². The van der Waals surface area contributed by atoms with Gasteiger partial charge in [0.1, 0.15) is 0 Å². The van der Waals surface area contributed by atoms with E-state index in [1.54, 1.807) is 0 Å². The molecule has 1 aliphatic rings. The van der Waals surface area contributed by atoms with Crippen LogP contribution in [0.4, 0.5) is 17.1 Å². The molecule has 0 unspecified atom stereocenters. The zero-order valence-corrected chi connectivity index (χ0v) is 30.5. The van der Waals surface area contributed by atoms with Crippen molar-refractivity contribution in [3.05, 3.63) is 211 Å². The first-order valence-electron chi connectivity index (χ1n) is 18.8. The molecular weight excluding hydrogens is 651 g/mol. The van der Waals surface area contributed by atoms with E-state index in [0.717, 1.165) is 17.1 Å². The Morgan fingerprint density at radius 1 is 0.333 bits per heavy atom. The monoisotopic (exact) mass is 689 g/mol. The van der Waals surface area contributed by atoms with Crippen LogP contribution in [-0.2, 0) is 5.41 Å². The highest BCUT2D eigenvalue weighted by Gasteiger charge is 2.37. The van der Waals surface area contributed by atoms with Crippen LogP contribution in [0.1, 0.15) is 25.0 Å². The van der Waals surface area contributed by atoms with Crippen LogP contribution in [0, 0.1) is 0 Å². The third-order valence-electron chi connectivity index (χ3n) is 11.4. The number of hydrogen-bond donors (Lipinski definition) is 0. The fraction of sp³-hybridized carbons (Fsp3) is 0.0566. The van der Waals surface area contributed by atoms with Crippen LogP contribution in [0.3, 0.4) is 0 Å². The van der Waals surface area contributed by atoms with E-state index in [2.05, 4.69) is 219 Å². The van der Waals surface area contributed by atoms with E-state index in [1.165, 1.54) is 77.2 Å². The number of anilines is 3. The van der Waals surface area contributed by atoms with Crippen LogP contribution in [0.15, 0.2) is 200 Å². The van der Waals surface area contributed by atoms with Crippen molar-refractivity contribution in [3.8, 4) is 44.5 Å². The highest BCUT2D eigenvalue weighted by atomic mass is 15.1. The van der Waals surface area contributed by atoms with Gasteiger partial charge in [-0.1, -0.05) is 178 Å². The average molecular weight is 690 g/mol. The maximum absolute atomic E-state index is 2.42. The summed E-state index contributed by atoms with van der Waals surface area (Å²) in [4.78, 5) is 2.42. The summed E-state index contributed by atoms with van der Waals surface area (Å²) in [6.07, 6.45) is 0. The molecular formula is C53H39N. The van der Waals surface area contributed by atoms with Gasteiger partial charge in [-0.25, -0.2) is 0 Å². The van der Waals surface area contributed by atoms with Crippen molar-refractivity contribution in [1.82, 2.24) is 0 Å². The van der Waals surface area contributed by atoms with Crippen molar-refractivity contribution in [2.24, 2.45) is 0 Å². The Hall–Kier alpha value is -6.70. The Bertz CT molecular complexity index is 2830. The lowest BCUT2D eigenvalue weighted by Gasteiger charge is -2.28. The van der Waals surface area contributed by atoms with Crippen LogP contribution in [0.2, 0.25) is 0 Å². The SMILES string of the molecule is CC1(C)c2ccccc2-c2cccc(-c3ccc(N(c4ccc(-c5ccccc5)c(-c5ccccc5)c4)c4ccc5ccc6ccccc6c5c4)cc3)c21. The summed E-state index contributed by atoms with van der Waals surface area (Å²) in [5.41, 5.74) is 16.1. The van der Waals surface area contributed by atoms with Gasteiger partial charge in [0.25, 0.3) is 0 Å². The van der Waals surface area contributed by atoms with Crippen LogP contribution >= 0.6 is 0 Å². The Morgan fingerprint density at radius 2 is 0.870 bits per heavy atom. The lowest BCUT2D eigenvalue weighted by Crippen LogP contribution is -2.16. The van der Waals surface area contributed by atoms with E-state index in [-0.39, 0.29) is 5.41 Å². The third kappa shape index (κ3) is 5.24. The molecule has 0 atom stereocenters. The van der Waals surface area contributed by atoms with Crippen molar-refractivity contribution in [1.29, 1.82) is 0 Å². The van der Waals surface area contributed by atoms with Crippen LogP contribution < -0.4 is 4.90 Å². The molecule has 1 heteroatoms. The highest BCUT2D eigenvalue weighted by Crippen LogP contribution is 2.52. The first-order chi connectivity index (χ1) is 26.5. The molecule has 0 amide bonds. The average Bonchev–Trinajstić information content (AvgIpc) is 3.48. The van der Waals surface area contributed by atoms with Gasteiger partial charge in [-0.3, -0.25) is 0 Å². The predicted octanol–water partition coefficient (Wildman–Crippen LogP) is 14.8. The molecule has 10 rings (SSSR count). The second-order valence-electron chi connectivity index (χ2n) is 14.9. The number of benzene rings is 9. The molecule has 54 heavy (non-hydrogen) atoms. The summed E-state index contributed by atoms with van der Waals surface area (Å²) in [5, 5.41) is 4.99. The van der Waals surface area contributed by atoms with E-state index in [9.17, 15) is 0 Å². The lowest BCUT2D eigenvalue weighted by molar-refractivity contribution is 0.662. The first kappa shape index (κ1) is 32.0. The maximum atomic E-state index is 2.42. The normalized spacial score (nSPS) is 12.8. The molecule has 0 aromatic heterocycles. The van der Waals surface area contributed by atoms with Gasteiger partial charge in [0.2, 0.25) is 0 Å². The number of nitrogens with zero attached hydrogens (tertiary/aromatic N) is 1. The topological polar surface area (TPSA) is 3.24 Å². The Labute approximate surface area is 317 Å². The van der Waals surface area contributed by atoms with E-state index < -0.39 is 0 Å². The molecule has 1 nitrogen and oxygen atoms in total. The van der Waals surface area contributed by atoms with Crippen LogP contribution in [0.25, 0.3) is 66.1 Å². The van der Waals surface area contributed by atoms with Crippen molar-refractivity contribution < 1.29 is 0 Å².